The molecule has 4 nitrogen and oxygen atoms in total. The number of aromatic nitrogens is 4. The summed E-state index contributed by atoms with van der Waals surface area (Å²) >= 11 is 0. The number of hydrogen-bond donors (Lipinski definition) is 2. The average Bonchev–Trinajstić information content (AvgIpc) is 4.20. The molecule has 8 bridgehead atoms. The predicted octanol–water partition coefficient (Wildman–Crippen LogP) is 15.9. The lowest BCUT2D eigenvalue weighted by molar-refractivity contribution is 1.31. The van der Waals surface area contributed by atoms with E-state index in [4.69, 9.17) is 9.97 Å². The summed E-state index contributed by atoms with van der Waals surface area (Å²) in [4.78, 5) is 19.2. The van der Waals surface area contributed by atoms with Crippen LogP contribution in [0, 0.1) is 0 Å². The van der Waals surface area contributed by atoms with E-state index < -0.39 is 0 Å². The standard InChI is InChI=1S/C60H38N4/c1-3-15-37(16-4-1)55-47-27-31-51(61-47)59(57-43-23-11-7-19-39(43)35-40-20-8-12-24-44(40)57)53-33-29-49(63-53)56(38-17-5-2-6-18-38)50-30-34-54(64-50)60(52-32-28-48(55)62-52)58-45-25-13-9-21-41(45)36-42-22-10-14-26-46(42)58/h1-36,61,64H. The van der Waals surface area contributed by atoms with Crippen LogP contribution in [0.25, 0.3) is 134 Å². The Labute approximate surface area is 369 Å². The molecule has 0 radical (unpaired) electrons. The van der Waals surface area contributed by atoms with Crippen molar-refractivity contribution in [3.63, 3.8) is 0 Å². The molecule has 0 saturated carbocycles. The molecular formula is C60H38N4. The van der Waals surface area contributed by atoms with Crippen molar-refractivity contribution in [2.45, 2.75) is 0 Å². The normalized spacial score (nSPS) is 12.2. The molecule has 8 aromatic carbocycles. The van der Waals surface area contributed by atoms with Crippen LogP contribution in [0.1, 0.15) is 22.8 Å². The molecule has 4 heteroatoms. The summed E-state index contributed by atoms with van der Waals surface area (Å²) in [5, 5.41) is 9.42. The Morgan fingerprint density at radius 1 is 0.250 bits per heavy atom. The van der Waals surface area contributed by atoms with E-state index in [0.717, 1.165) is 89.4 Å². The van der Waals surface area contributed by atoms with Crippen LogP contribution in [0.15, 0.2) is 194 Å². The third-order valence-corrected chi connectivity index (χ3v) is 12.9. The highest BCUT2D eigenvalue weighted by molar-refractivity contribution is 6.18. The molecule has 0 unspecified atom stereocenters. The van der Waals surface area contributed by atoms with E-state index in [0.29, 0.717) is 0 Å². The van der Waals surface area contributed by atoms with Crippen LogP contribution >= 0.6 is 0 Å². The molecule has 13 rings (SSSR count). The largest absolute Gasteiger partial charge is 0.354 e. The lowest BCUT2D eigenvalue weighted by Crippen LogP contribution is -1.92. The summed E-state index contributed by atoms with van der Waals surface area (Å²) in [6.07, 6.45) is 8.75. The fraction of sp³-hybridized carbons (Fsp3) is 0. The van der Waals surface area contributed by atoms with E-state index in [1.807, 2.05) is 0 Å². The maximum absolute atomic E-state index is 5.64. The van der Waals surface area contributed by atoms with Crippen LogP contribution in [0.4, 0.5) is 0 Å². The van der Waals surface area contributed by atoms with Crippen molar-refractivity contribution >= 4 is 89.5 Å². The van der Waals surface area contributed by atoms with Gasteiger partial charge >= 0.3 is 0 Å². The lowest BCUT2D eigenvalue weighted by atomic mass is 9.91. The van der Waals surface area contributed by atoms with Gasteiger partial charge in [-0.2, -0.15) is 0 Å². The first-order chi connectivity index (χ1) is 31.7. The molecule has 2 aliphatic heterocycles. The molecular weight excluding hydrogens is 777 g/mol. The number of fused-ring (bicyclic) bond motifs is 12. The minimum absolute atomic E-state index is 0.887. The van der Waals surface area contributed by atoms with Crippen molar-refractivity contribution in [2.75, 3.05) is 0 Å². The zero-order valence-corrected chi connectivity index (χ0v) is 34.7. The lowest BCUT2D eigenvalue weighted by Gasteiger charge is -2.13. The first-order valence-corrected chi connectivity index (χ1v) is 21.8. The Balaban J connectivity index is 1.25. The summed E-state index contributed by atoms with van der Waals surface area (Å²) in [6, 6.07) is 69.5. The van der Waals surface area contributed by atoms with Crippen LogP contribution in [-0.2, 0) is 0 Å². The zero-order chi connectivity index (χ0) is 42.1. The Bertz CT molecular complexity index is 3580. The zero-order valence-electron chi connectivity index (χ0n) is 34.7. The molecule has 3 aromatic heterocycles. The monoisotopic (exact) mass is 814 g/mol. The van der Waals surface area contributed by atoms with E-state index in [9.17, 15) is 0 Å². The first kappa shape index (κ1) is 36.1. The highest BCUT2D eigenvalue weighted by atomic mass is 14.8. The second-order valence-corrected chi connectivity index (χ2v) is 16.6. The minimum Gasteiger partial charge on any atom is -0.354 e. The van der Waals surface area contributed by atoms with E-state index in [2.05, 4.69) is 228 Å². The molecule has 0 fully saturated rings. The molecule has 0 spiro atoms. The summed E-state index contributed by atoms with van der Waals surface area (Å²) < 4.78 is 0. The molecule has 64 heavy (non-hydrogen) atoms. The number of rotatable bonds is 4. The van der Waals surface area contributed by atoms with Crippen molar-refractivity contribution in [3.8, 4) is 44.5 Å². The molecule has 5 heterocycles. The van der Waals surface area contributed by atoms with Crippen LogP contribution < -0.4 is 0 Å². The number of nitrogens with zero attached hydrogens (tertiary/aromatic N) is 2. The molecule has 2 aliphatic rings. The third kappa shape index (κ3) is 5.77. The number of aromatic amines is 2. The van der Waals surface area contributed by atoms with Gasteiger partial charge in [-0.3, -0.25) is 0 Å². The van der Waals surface area contributed by atoms with Crippen LogP contribution in [-0.4, -0.2) is 19.9 Å². The van der Waals surface area contributed by atoms with E-state index in [1.54, 1.807) is 0 Å². The number of H-pyrrole nitrogens is 2. The second-order valence-electron chi connectivity index (χ2n) is 16.6. The van der Waals surface area contributed by atoms with Crippen molar-refractivity contribution < 1.29 is 0 Å². The molecule has 0 amide bonds. The van der Waals surface area contributed by atoms with Crippen LogP contribution in [0.2, 0.25) is 0 Å². The van der Waals surface area contributed by atoms with Gasteiger partial charge in [-0.15, -0.1) is 0 Å². The SMILES string of the molecule is C1=Cc2nc1c(-c1ccccc1)c1ccc([nH]1)c(-c1c3ccccc3cc3ccccc13)c1nc(c(-c3ccccc3)c3ccc([nH]3)c2-c2c3ccccc3cc3ccccc23)C=C1. The summed E-state index contributed by atoms with van der Waals surface area (Å²) in [7, 11) is 0. The first-order valence-electron chi connectivity index (χ1n) is 21.8. The average molecular weight is 815 g/mol. The molecule has 2 N–H and O–H groups in total. The van der Waals surface area contributed by atoms with Gasteiger partial charge in [-0.1, -0.05) is 158 Å². The van der Waals surface area contributed by atoms with E-state index in [1.165, 1.54) is 43.1 Å². The van der Waals surface area contributed by atoms with Crippen molar-refractivity contribution in [1.29, 1.82) is 0 Å². The predicted molar refractivity (Wildman–Crippen MR) is 271 cm³/mol. The number of nitrogens with one attached hydrogen (secondary N) is 2. The van der Waals surface area contributed by atoms with Crippen molar-refractivity contribution in [2.24, 2.45) is 0 Å². The second kappa shape index (κ2) is 14.5. The summed E-state index contributed by atoms with van der Waals surface area (Å²) in [6.45, 7) is 0. The van der Waals surface area contributed by atoms with Gasteiger partial charge in [-0.25, -0.2) is 9.97 Å². The van der Waals surface area contributed by atoms with Gasteiger partial charge in [0.2, 0.25) is 0 Å². The van der Waals surface area contributed by atoms with E-state index >= 15 is 0 Å². The molecule has 0 aliphatic carbocycles. The quantitative estimate of drug-likeness (QED) is 0.174. The van der Waals surface area contributed by atoms with Gasteiger partial charge in [0.1, 0.15) is 0 Å². The Hall–Kier alpha value is -8.60. The Kier molecular flexibility index (Phi) is 8.18. The van der Waals surface area contributed by atoms with Gasteiger partial charge in [0.25, 0.3) is 0 Å². The number of hydrogen-bond acceptors (Lipinski definition) is 2. The molecule has 0 saturated heterocycles. The molecule has 0 atom stereocenters. The fourth-order valence-corrected chi connectivity index (χ4v) is 10.1. The van der Waals surface area contributed by atoms with Crippen LogP contribution in [0.5, 0.6) is 0 Å². The van der Waals surface area contributed by atoms with E-state index in [-0.39, 0.29) is 0 Å². The van der Waals surface area contributed by atoms with Crippen molar-refractivity contribution in [3.05, 3.63) is 217 Å². The maximum atomic E-state index is 5.64. The fourth-order valence-electron chi connectivity index (χ4n) is 10.1. The minimum atomic E-state index is 0.887. The van der Waals surface area contributed by atoms with Gasteiger partial charge in [0, 0.05) is 55.4 Å². The summed E-state index contributed by atoms with van der Waals surface area (Å²) in [5.41, 5.74) is 16.0. The van der Waals surface area contributed by atoms with Crippen LogP contribution in [0.3, 0.4) is 0 Å². The third-order valence-electron chi connectivity index (χ3n) is 12.9. The summed E-state index contributed by atoms with van der Waals surface area (Å²) in [5.74, 6) is 0. The Morgan fingerprint density at radius 3 is 0.875 bits per heavy atom. The van der Waals surface area contributed by atoms with Crippen molar-refractivity contribution in [1.82, 2.24) is 19.9 Å². The highest BCUT2D eigenvalue weighted by Gasteiger charge is 2.22. The van der Waals surface area contributed by atoms with Gasteiger partial charge < -0.3 is 9.97 Å². The maximum Gasteiger partial charge on any atom is 0.0737 e. The van der Waals surface area contributed by atoms with Gasteiger partial charge in [0.15, 0.2) is 0 Å². The van der Waals surface area contributed by atoms with Gasteiger partial charge in [-0.05, 0) is 115 Å². The highest BCUT2D eigenvalue weighted by Crippen LogP contribution is 2.44. The molecule has 298 valence electrons. The molecule has 11 aromatic rings. The number of benzene rings is 8. The Morgan fingerprint density at radius 2 is 0.531 bits per heavy atom. The van der Waals surface area contributed by atoms with Gasteiger partial charge in [0.05, 0.1) is 22.8 Å². The topological polar surface area (TPSA) is 57.4 Å². The smallest absolute Gasteiger partial charge is 0.0737 e.